The standard InChI is InChI=1S/C14H15ClN2O3/c1-3-19-14-8-12(15)16-13(17-14)9-20-11-6-4-5-10(7-11)18-2/h4-8H,3,9H2,1-2H3. The quantitative estimate of drug-likeness (QED) is 0.766. The Kier molecular flexibility index (Phi) is 5.01. The fourth-order valence-electron chi connectivity index (χ4n) is 1.57. The van der Waals surface area contributed by atoms with E-state index in [1.54, 1.807) is 19.2 Å². The highest BCUT2D eigenvalue weighted by molar-refractivity contribution is 6.29. The van der Waals surface area contributed by atoms with Crippen LogP contribution < -0.4 is 14.2 Å². The van der Waals surface area contributed by atoms with Crippen LogP contribution in [0, 0.1) is 0 Å². The number of methoxy groups -OCH3 is 1. The molecule has 1 aromatic heterocycles. The van der Waals surface area contributed by atoms with Gasteiger partial charge in [0.1, 0.15) is 23.3 Å². The van der Waals surface area contributed by atoms with E-state index in [4.69, 9.17) is 25.8 Å². The fourth-order valence-corrected chi connectivity index (χ4v) is 1.76. The van der Waals surface area contributed by atoms with Gasteiger partial charge in [-0.3, -0.25) is 0 Å². The van der Waals surface area contributed by atoms with E-state index in [1.165, 1.54) is 0 Å². The monoisotopic (exact) mass is 294 g/mol. The van der Waals surface area contributed by atoms with Crippen molar-refractivity contribution in [3.8, 4) is 17.4 Å². The Morgan fingerprint density at radius 2 is 1.90 bits per heavy atom. The molecular weight excluding hydrogens is 280 g/mol. The number of aromatic nitrogens is 2. The minimum absolute atomic E-state index is 0.202. The molecule has 0 saturated heterocycles. The molecule has 0 aliphatic carbocycles. The minimum atomic E-state index is 0.202. The summed E-state index contributed by atoms with van der Waals surface area (Å²) in [6.07, 6.45) is 0. The lowest BCUT2D eigenvalue weighted by Gasteiger charge is -2.08. The molecule has 0 unspecified atom stereocenters. The predicted octanol–water partition coefficient (Wildman–Crippen LogP) is 3.12. The lowest BCUT2D eigenvalue weighted by atomic mass is 10.3. The molecule has 0 fully saturated rings. The Morgan fingerprint density at radius 3 is 2.65 bits per heavy atom. The third-order valence-electron chi connectivity index (χ3n) is 2.42. The first-order valence-electron chi connectivity index (χ1n) is 6.14. The second-order valence-electron chi connectivity index (χ2n) is 3.85. The first-order chi connectivity index (χ1) is 9.71. The van der Waals surface area contributed by atoms with Crippen molar-refractivity contribution in [2.45, 2.75) is 13.5 Å². The molecular formula is C14H15ClN2O3. The maximum atomic E-state index is 5.91. The summed E-state index contributed by atoms with van der Waals surface area (Å²) >= 11 is 5.91. The zero-order chi connectivity index (χ0) is 14.4. The molecule has 6 heteroatoms. The highest BCUT2D eigenvalue weighted by atomic mass is 35.5. The van der Waals surface area contributed by atoms with Gasteiger partial charge in [-0.25, -0.2) is 4.98 Å². The molecule has 1 aromatic carbocycles. The van der Waals surface area contributed by atoms with Gasteiger partial charge in [-0.2, -0.15) is 4.98 Å². The topological polar surface area (TPSA) is 53.5 Å². The van der Waals surface area contributed by atoms with Gasteiger partial charge in [0.2, 0.25) is 5.88 Å². The van der Waals surface area contributed by atoms with Crippen LogP contribution in [0.1, 0.15) is 12.7 Å². The average molecular weight is 295 g/mol. The van der Waals surface area contributed by atoms with Gasteiger partial charge in [-0.1, -0.05) is 17.7 Å². The molecule has 2 aromatic rings. The number of rotatable bonds is 6. The van der Waals surface area contributed by atoms with Gasteiger partial charge >= 0.3 is 0 Å². The van der Waals surface area contributed by atoms with E-state index in [1.807, 2.05) is 25.1 Å². The van der Waals surface area contributed by atoms with Gasteiger partial charge in [0.15, 0.2) is 5.82 Å². The maximum Gasteiger partial charge on any atom is 0.218 e. The van der Waals surface area contributed by atoms with E-state index >= 15 is 0 Å². The number of hydrogen-bond acceptors (Lipinski definition) is 5. The van der Waals surface area contributed by atoms with Crippen LogP contribution in [0.4, 0.5) is 0 Å². The summed E-state index contributed by atoms with van der Waals surface area (Å²) in [4.78, 5) is 8.30. The fraction of sp³-hybridized carbons (Fsp3) is 0.286. The van der Waals surface area contributed by atoms with Gasteiger partial charge < -0.3 is 14.2 Å². The molecule has 0 bridgehead atoms. The highest BCUT2D eigenvalue weighted by Gasteiger charge is 2.05. The van der Waals surface area contributed by atoms with E-state index < -0.39 is 0 Å². The van der Waals surface area contributed by atoms with Gasteiger partial charge in [0.05, 0.1) is 13.7 Å². The Hall–Kier alpha value is -2.01. The number of nitrogens with zero attached hydrogens (tertiary/aromatic N) is 2. The summed E-state index contributed by atoms with van der Waals surface area (Å²) < 4.78 is 16.0. The molecule has 2 rings (SSSR count). The summed E-state index contributed by atoms with van der Waals surface area (Å²) in [7, 11) is 1.60. The van der Waals surface area contributed by atoms with Crippen molar-refractivity contribution >= 4 is 11.6 Å². The van der Waals surface area contributed by atoms with Crippen molar-refractivity contribution < 1.29 is 14.2 Å². The maximum absolute atomic E-state index is 5.91. The lowest BCUT2D eigenvalue weighted by molar-refractivity contribution is 0.285. The van der Waals surface area contributed by atoms with Crippen LogP contribution in [-0.4, -0.2) is 23.7 Å². The van der Waals surface area contributed by atoms with Gasteiger partial charge in [0.25, 0.3) is 0 Å². The molecule has 0 N–H and O–H groups in total. The average Bonchev–Trinajstić information content (AvgIpc) is 2.45. The van der Waals surface area contributed by atoms with E-state index in [2.05, 4.69) is 9.97 Å². The van der Waals surface area contributed by atoms with Crippen LogP contribution in [-0.2, 0) is 6.61 Å². The summed E-state index contributed by atoms with van der Waals surface area (Å²) in [6, 6.07) is 8.87. The molecule has 20 heavy (non-hydrogen) atoms. The zero-order valence-electron chi connectivity index (χ0n) is 11.3. The smallest absolute Gasteiger partial charge is 0.218 e. The molecule has 0 saturated carbocycles. The SMILES string of the molecule is CCOc1cc(Cl)nc(COc2cccc(OC)c2)n1. The number of halogens is 1. The normalized spacial score (nSPS) is 10.2. The van der Waals surface area contributed by atoms with Crippen molar-refractivity contribution in [2.75, 3.05) is 13.7 Å². The Morgan fingerprint density at radius 1 is 1.10 bits per heavy atom. The van der Waals surface area contributed by atoms with Crippen LogP contribution in [0.3, 0.4) is 0 Å². The molecule has 0 aliphatic rings. The number of ether oxygens (including phenoxy) is 3. The zero-order valence-corrected chi connectivity index (χ0v) is 12.1. The summed E-state index contributed by atoms with van der Waals surface area (Å²) in [6.45, 7) is 2.60. The van der Waals surface area contributed by atoms with Crippen LogP contribution >= 0.6 is 11.6 Å². The molecule has 0 amide bonds. The third-order valence-corrected chi connectivity index (χ3v) is 2.61. The molecule has 0 spiro atoms. The van der Waals surface area contributed by atoms with Crippen molar-refractivity contribution in [1.82, 2.24) is 9.97 Å². The summed E-state index contributed by atoms with van der Waals surface area (Å²) in [5, 5.41) is 0.327. The van der Waals surface area contributed by atoms with Gasteiger partial charge in [-0.15, -0.1) is 0 Å². The Balaban J connectivity index is 2.06. The highest BCUT2D eigenvalue weighted by Crippen LogP contribution is 2.20. The van der Waals surface area contributed by atoms with E-state index in [-0.39, 0.29) is 6.61 Å². The second kappa shape index (κ2) is 6.96. The van der Waals surface area contributed by atoms with Crippen molar-refractivity contribution in [1.29, 1.82) is 0 Å². The van der Waals surface area contributed by atoms with Gasteiger partial charge in [0, 0.05) is 12.1 Å². The molecule has 0 atom stereocenters. The van der Waals surface area contributed by atoms with Crippen LogP contribution in [0.25, 0.3) is 0 Å². The minimum Gasteiger partial charge on any atom is -0.497 e. The van der Waals surface area contributed by atoms with E-state index in [0.29, 0.717) is 29.2 Å². The first-order valence-corrected chi connectivity index (χ1v) is 6.52. The van der Waals surface area contributed by atoms with E-state index in [9.17, 15) is 0 Å². The first kappa shape index (κ1) is 14.4. The molecule has 1 heterocycles. The molecule has 5 nitrogen and oxygen atoms in total. The molecule has 106 valence electrons. The van der Waals surface area contributed by atoms with Crippen LogP contribution in [0.5, 0.6) is 17.4 Å². The lowest BCUT2D eigenvalue weighted by Crippen LogP contribution is -2.04. The molecule has 0 aliphatic heterocycles. The van der Waals surface area contributed by atoms with Crippen molar-refractivity contribution in [3.05, 3.63) is 41.3 Å². The Bertz CT molecular complexity index is 578. The number of benzene rings is 1. The molecule has 0 radical (unpaired) electrons. The largest absolute Gasteiger partial charge is 0.497 e. The summed E-state index contributed by atoms with van der Waals surface area (Å²) in [5.74, 6) is 2.30. The van der Waals surface area contributed by atoms with Gasteiger partial charge in [-0.05, 0) is 19.1 Å². The van der Waals surface area contributed by atoms with Crippen LogP contribution in [0.15, 0.2) is 30.3 Å². The van der Waals surface area contributed by atoms with E-state index in [0.717, 1.165) is 5.75 Å². The van der Waals surface area contributed by atoms with Crippen molar-refractivity contribution in [3.63, 3.8) is 0 Å². The third kappa shape index (κ3) is 3.99. The predicted molar refractivity (Wildman–Crippen MR) is 75.5 cm³/mol. The second-order valence-corrected chi connectivity index (χ2v) is 4.23. The number of hydrogen-bond donors (Lipinski definition) is 0. The van der Waals surface area contributed by atoms with Crippen LogP contribution in [0.2, 0.25) is 5.15 Å². The van der Waals surface area contributed by atoms with Crippen molar-refractivity contribution in [2.24, 2.45) is 0 Å². The summed E-state index contributed by atoms with van der Waals surface area (Å²) in [5.41, 5.74) is 0. The Labute approximate surface area is 122 Å².